The fourth-order valence-electron chi connectivity index (χ4n) is 3.65. The van der Waals surface area contributed by atoms with E-state index in [9.17, 15) is 0 Å². The zero-order valence-corrected chi connectivity index (χ0v) is 16.5. The molecule has 1 aliphatic carbocycles. The van der Waals surface area contributed by atoms with E-state index < -0.39 is 8.07 Å². The Morgan fingerprint density at radius 2 is 1.37 bits per heavy atom. The van der Waals surface area contributed by atoms with Crippen LogP contribution in [0.4, 0.5) is 0 Å². The average Bonchev–Trinajstić information content (AvgIpc) is 2.59. The van der Waals surface area contributed by atoms with Crippen molar-refractivity contribution in [1.29, 1.82) is 0 Å². The van der Waals surface area contributed by atoms with Crippen LogP contribution >= 0.6 is 9.24 Å². The smallest absolute Gasteiger partial charge is 0.0732 e. The minimum Gasteiger partial charge on any atom is -0.129 e. The molecule has 0 amide bonds. The molecule has 2 atom stereocenters. The van der Waals surface area contributed by atoms with Crippen molar-refractivity contribution < 1.29 is 0 Å². The standard InChI is InChI=1S/C17H33PSi/c1-15(2,3)17(18,16(4,5)6)13-11-10-12-14(13)19(7,8)9/h10-13H,18H2,1-9H3. The lowest BCUT2D eigenvalue weighted by atomic mass is 9.60. The molecule has 0 aromatic rings. The number of allylic oxidation sites excluding steroid dienone is 4. The van der Waals surface area contributed by atoms with Gasteiger partial charge in [-0.1, -0.05) is 84.6 Å². The van der Waals surface area contributed by atoms with Crippen LogP contribution in [0.3, 0.4) is 0 Å². The Labute approximate surface area is 124 Å². The second-order valence-electron chi connectivity index (χ2n) is 9.10. The van der Waals surface area contributed by atoms with E-state index in [2.05, 4.69) is 88.7 Å². The van der Waals surface area contributed by atoms with Crippen molar-refractivity contribution in [2.24, 2.45) is 16.7 Å². The third kappa shape index (κ3) is 2.93. The molecule has 110 valence electrons. The van der Waals surface area contributed by atoms with Crippen molar-refractivity contribution in [3.8, 4) is 0 Å². The third-order valence-electron chi connectivity index (χ3n) is 4.75. The predicted octanol–water partition coefficient (Wildman–Crippen LogP) is 5.68. The quantitative estimate of drug-likeness (QED) is 0.454. The van der Waals surface area contributed by atoms with Crippen LogP contribution in [0.15, 0.2) is 23.4 Å². The van der Waals surface area contributed by atoms with E-state index in [1.165, 1.54) is 0 Å². The average molecular weight is 297 g/mol. The third-order valence-corrected chi connectivity index (χ3v) is 9.05. The van der Waals surface area contributed by atoms with Gasteiger partial charge in [0, 0.05) is 11.1 Å². The summed E-state index contributed by atoms with van der Waals surface area (Å²) < 4.78 is 0. The fraction of sp³-hybridized carbons (Fsp3) is 0.765. The molecule has 1 aliphatic rings. The summed E-state index contributed by atoms with van der Waals surface area (Å²) in [5.41, 5.74) is 0.488. The van der Waals surface area contributed by atoms with E-state index in [0.717, 1.165) is 0 Å². The first-order valence-electron chi connectivity index (χ1n) is 7.40. The first-order valence-corrected chi connectivity index (χ1v) is 11.5. The summed E-state index contributed by atoms with van der Waals surface area (Å²) >= 11 is 0. The van der Waals surface area contributed by atoms with Gasteiger partial charge in [0.1, 0.15) is 0 Å². The Balaban J connectivity index is 3.38. The molecule has 0 nitrogen and oxygen atoms in total. The lowest BCUT2D eigenvalue weighted by Gasteiger charge is -2.56. The molecule has 19 heavy (non-hydrogen) atoms. The highest BCUT2D eigenvalue weighted by molar-refractivity contribution is 7.19. The Morgan fingerprint density at radius 1 is 0.947 bits per heavy atom. The predicted molar refractivity (Wildman–Crippen MR) is 95.4 cm³/mol. The SMILES string of the molecule is CC(C)(C)C(P)(C1C=CC=C1[Si](C)(C)C)C(C)(C)C. The van der Waals surface area contributed by atoms with Crippen LogP contribution in [0.2, 0.25) is 19.6 Å². The van der Waals surface area contributed by atoms with Crippen molar-refractivity contribution in [2.75, 3.05) is 0 Å². The highest BCUT2D eigenvalue weighted by atomic mass is 31.0. The number of hydrogen-bond donors (Lipinski definition) is 0. The van der Waals surface area contributed by atoms with Crippen molar-refractivity contribution in [3.63, 3.8) is 0 Å². The van der Waals surface area contributed by atoms with Crippen molar-refractivity contribution in [2.45, 2.75) is 66.3 Å². The molecule has 0 fully saturated rings. The molecule has 2 heteroatoms. The highest BCUT2D eigenvalue weighted by Crippen LogP contribution is 2.59. The van der Waals surface area contributed by atoms with E-state index >= 15 is 0 Å². The van der Waals surface area contributed by atoms with Gasteiger partial charge in [0.05, 0.1) is 8.07 Å². The number of rotatable bonds is 2. The molecule has 0 spiro atoms. The fourth-order valence-corrected chi connectivity index (χ4v) is 5.96. The highest BCUT2D eigenvalue weighted by Gasteiger charge is 2.53. The summed E-state index contributed by atoms with van der Waals surface area (Å²) in [6, 6.07) is 0. The van der Waals surface area contributed by atoms with Crippen LogP contribution in [-0.2, 0) is 0 Å². The Kier molecular flexibility index (Phi) is 4.38. The largest absolute Gasteiger partial charge is 0.129 e. The van der Waals surface area contributed by atoms with Gasteiger partial charge >= 0.3 is 0 Å². The summed E-state index contributed by atoms with van der Waals surface area (Å²) in [5, 5.41) is 1.88. The Hall–Kier alpha value is 0.127. The van der Waals surface area contributed by atoms with E-state index in [0.29, 0.717) is 5.92 Å². The van der Waals surface area contributed by atoms with Crippen LogP contribution in [0, 0.1) is 16.7 Å². The maximum atomic E-state index is 3.26. The molecular weight excluding hydrogens is 263 g/mol. The first-order chi connectivity index (χ1) is 8.23. The molecule has 0 N–H and O–H groups in total. The van der Waals surface area contributed by atoms with Gasteiger partial charge in [-0.2, -0.15) is 0 Å². The molecular formula is C17H33PSi. The summed E-state index contributed by atoms with van der Waals surface area (Å²) in [6.07, 6.45) is 7.12. The molecule has 0 aliphatic heterocycles. The van der Waals surface area contributed by atoms with Gasteiger partial charge in [0.2, 0.25) is 0 Å². The molecule has 0 aromatic heterocycles. The molecule has 0 heterocycles. The molecule has 0 bridgehead atoms. The van der Waals surface area contributed by atoms with E-state index in [1.807, 2.05) is 0 Å². The van der Waals surface area contributed by atoms with Crippen LogP contribution < -0.4 is 0 Å². The van der Waals surface area contributed by atoms with Gasteiger partial charge in [-0.15, -0.1) is 9.24 Å². The molecule has 0 saturated carbocycles. The minimum absolute atomic E-state index is 0.180. The van der Waals surface area contributed by atoms with E-state index in [-0.39, 0.29) is 16.0 Å². The van der Waals surface area contributed by atoms with E-state index in [1.54, 1.807) is 5.20 Å². The normalized spacial score (nSPS) is 21.8. The monoisotopic (exact) mass is 296 g/mol. The first kappa shape index (κ1) is 17.2. The molecule has 2 unspecified atom stereocenters. The topological polar surface area (TPSA) is 0 Å². The minimum atomic E-state index is -1.27. The molecule has 0 aromatic carbocycles. The lowest BCUT2D eigenvalue weighted by molar-refractivity contribution is 0.115. The van der Waals surface area contributed by atoms with Crippen molar-refractivity contribution >= 4 is 17.3 Å². The van der Waals surface area contributed by atoms with Crippen LogP contribution in [-0.4, -0.2) is 13.2 Å². The van der Waals surface area contributed by atoms with Gasteiger partial charge in [-0.05, 0) is 10.8 Å². The van der Waals surface area contributed by atoms with Crippen molar-refractivity contribution in [3.05, 3.63) is 23.4 Å². The van der Waals surface area contributed by atoms with Gasteiger partial charge in [0.25, 0.3) is 0 Å². The van der Waals surface area contributed by atoms with Crippen molar-refractivity contribution in [1.82, 2.24) is 0 Å². The molecule has 0 saturated heterocycles. The van der Waals surface area contributed by atoms with Crippen LogP contribution in [0.25, 0.3) is 0 Å². The van der Waals surface area contributed by atoms with Gasteiger partial charge in [0.15, 0.2) is 0 Å². The summed E-state index contributed by atoms with van der Waals surface area (Å²) in [7, 11) is 1.99. The van der Waals surface area contributed by atoms with Crippen LogP contribution in [0.1, 0.15) is 41.5 Å². The van der Waals surface area contributed by atoms with Crippen LogP contribution in [0.5, 0.6) is 0 Å². The lowest BCUT2D eigenvalue weighted by Crippen LogP contribution is -2.54. The zero-order chi connectivity index (χ0) is 15.3. The second kappa shape index (κ2) is 4.85. The summed E-state index contributed by atoms with van der Waals surface area (Å²) in [6.45, 7) is 21.7. The Bertz CT molecular complexity index is 382. The van der Waals surface area contributed by atoms with Gasteiger partial charge < -0.3 is 0 Å². The maximum absolute atomic E-state index is 3.26. The zero-order valence-electron chi connectivity index (χ0n) is 14.4. The molecule has 0 radical (unpaired) electrons. The maximum Gasteiger partial charge on any atom is 0.0732 e. The Morgan fingerprint density at radius 3 is 1.68 bits per heavy atom. The molecule has 1 rings (SSSR count). The van der Waals surface area contributed by atoms with Gasteiger partial charge in [-0.3, -0.25) is 0 Å². The second-order valence-corrected chi connectivity index (χ2v) is 15.1. The van der Waals surface area contributed by atoms with E-state index in [4.69, 9.17) is 0 Å². The number of hydrogen-bond acceptors (Lipinski definition) is 0. The van der Waals surface area contributed by atoms with Gasteiger partial charge in [-0.25, -0.2) is 0 Å². The summed E-state index contributed by atoms with van der Waals surface area (Å²) in [4.78, 5) is 0. The summed E-state index contributed by atoms with van der Waals surface area (Å²) in [5.74, 6) is 0.559.